The average molecular weight is 288 g/mol. The van der Waals surface area contributed by atoms with Gasteiger partial charge >= 0.3 is 12.0 Å². The minimum atomic E-state index is -0.973. The molecule has 2 N–H and O–H groups in total. The Morgan fingerprint density at radius 2 is 2.05 bits per heavy atom. The number of likely N-dealkylation sites (tertiary alicyclic amines) is 1. The summed E-state index contributed by atoms with van der Waals surface area (Å²) in [6.07, 6.45) is 5.55. The Balaban J connectivity index is 2.12. The van der Waals surface area contributed by atoms with E-state index >= 15 is 0 Å². The molecule has 5 heteroatoms. The Kier molecular flexibility index (Phi) is 4.98. The predicted octanol–water partition coefficient (Wildman–Crippen LogP) is 2.97. The number of nitrogens with one attached hydrogen (secondary N) is 1. The lowest BCUT2D eigenvalue weighted by Gasteiger charge is -2.18. The van der Waals surface area contributed by atoms with Crippen LogP contribution < -0.4 is 5.32 Å². The first-order chi connectivity index (χ1) is 10.1. The molecule has 1 saturated heterocycles. The summed E-state index contributed by atoms with van der Waals surface area (Å²) in [7, 11) is 0. The lowest BCUT2D eigenvalue weighted by Crippen LogP contribution is -2.32. The molecular weight excluding hydrogens is 268 g/mol. The second-order valence-electron chi connectivity index (χ2n) is 5.07. The Morgan fingerprint density at radius 3 is 2.67 bits per heavy atom. The van der Waals surface area contributed by atoms with Gasteiger partial charge in [-0.15, -0.1) is 0 Å². The summed E-state index contributed by atoms with van der Waals surface area (Å²) in [4.78, 5) is 24.5. The highest BCUT2D eigenvalue weighted by atomic mass is 16.4. The monoisotopic (exact) mass is 288 g/mol. The topological polar surface area (TPSA) is 69.6 Å². The molecule has 0 bridgehead atoms. The zero-order chi connectivity index (χ0) is 15.2. The van der Waals surface area contributed by atoms with Crippen LogP contribution in [-0.4, -0.2) is 35.1 Å². The van der Waals surface area contributed by atoms with Gasteiger partial charge in [-0.25, -0.2) is 9.59 Å². The van der Waals surface area contributed by atoms with Gasteiger partial charge < -0.3 is 15.3 Å². The van der Waals surface area contributed by atoms with Gasteiger partial charge in [-0.2, -0.15) is 0 Å². The van der Waals surface area contributed by atoms with E-state index in [9.17, 15) is 9.59 Å². The van der Waals surface area contributed by atoms with E-state index < -0.39 is 5.97 Å². The van der Waals surface area contributed by atoms with Gasteiger partial charge in [-0.05, 0) is 48.6 Å². The average Bonchev–Trinajstić information content (AvgIpc) is 3.00. The van der Waals surface area contributed by atoms with Gasteiger partial charge in [-0.1, -0.05) is 13.0 Å². The predicted molar refractivity (Wildman–Crippen MR) is 82.3 cm³/mol. The normalized spacial score (nSPS) is 14.6. The highest BCUT2D eigenvalue weighted by Gasteiger charge is 2.18. The summed E-state index contributed by atoms with van der Waals surface area (Å²) in [5.74, 6) is -0.973. The highest BCUT2D eigenvalue weighted by molar-refractivity contribution is 5.91. The van der Waals surface area contributed by atoms with Crippen LogP contribution in [0.2, 0.25) is 0 Å². The number of carbonyl (C=O) groups excluding carboxylic acids is 1. The number of rotatable bonds is 4. The maximum atomic E-state index is 12.1. The van der Waals surface area contributed by atoms with Gasteiger partial charge in [0.15, 0.2) is 0 Å². The highest BCUT2D eigenvalue weighted by Crippen LogP contribution is 2.20. The first kappa shape index (κ1) is 15.1. The van der Waals surface area contributed by atoms with Crippen molar-refractivity contribution in [2.24, 2.45) is 0 Å². The van der Waals surface area contributed by atoms with Crippen LogP contribution in [0.5, 0.6) is 0 Å². The molecule has 112 valence electrons. The Morgan fingerprint density at radius 1 is 1.33 bits per heavy atom. The molecule has 2 amide bonds. The maximum absolute atomic E-state index is 12.1. The summed E-state index contributed by atoms with van der Waals surface area (Å²) >= 11 is 0. The van der Waals surface area contributed by atoms with Crippen molar-refractivity contribution in [3.63, 3.8) is 0 Å². The van der Waals surface area contributed by atoms with Crippen LogP contribution in [0, 0.1) is 0 Å². The number of carboxylic acids is 1. The molecule has 21 heavy (non-hydrogen) atoms. The lowest BCUT2D eigenvalue weighted by atomic mass is 10.1. The Hall–Kier alpha value is -2.30. The summed E-state index contributed by atoms with van der Waals surface area (Å²) in [6, 6.07) is 5.47. The number of amides is 2. The van der Waals surface area contributed by atoms with Crippen LogP contribution in [0.4, 0.5) is 10.5 Å². The van der Waals surface area contributed by atoms with Crippen LogP contribution in [-0.2, 0) is 11.2 Å². The molecule has 1 aromatic rings. The molecule has 0 spiro atoms. The third kappa shape index (κ3) is 4.08. The van der Waals surface area contributed by atoms with Crippen LogP contribution >= 0.6 is 0 Å². The Labute approximate surface area is 124 Å². The lowest BCUT2D eigenvalue weighted by molar-refractivity contribution is -0.131. The number of hydrogen-bond acceptors (Lipinski definition) is 2. The second kappa shape index (κ2) is 6.92. The largest absolute Gasteiger partial charge is 0.478 e. The van der Waals surface area contributed by atoms with Gasteiger partial charge in [0.1, 0.15) is 0 Å². The van der Waals surface area contributed by atoms with Crippen LogP contribution in [0.3, 0.4) is 0 Å². The van der Waals surface area contributed by atoms with E-state index in [1.807, 2.05) is 24.0 Å². The van der Waals surface area contributed by atoms with Crippen molar-refractivity contribution in [1.82, 2.24) is 4.90 Å². The van der Waals surface area contributed by atoms with E-state index in [-0.39, 0.29) is 6.03 Å². The van der Waals surface area contributed by atoms with Crippen LogP contribution in [0.1, 0.15) is 30.9 Å². The molecule has 0 saturated carbocycles. The molecule has 0 unspecified atom stereocenters. The number of hydrogen-bond donors (Lipinski definition) is 2. The van der Waals surface area contributed by atoms with Gasteiger partial charge in [0, 0.05) is 24.9 Å². The molecule has 5 nitrogen and oxygen atoms in total. The zero-order valence-electron chi connectivity index (χ0n) is 12.1. The second-order valence-corrected chi connectivity index (χ2v) is 5.07. The number of aryl methyl sites for hydroxylation is 1. The molecule has 0 aromatic heterocycles. The molecule has 2 rings (SSSR count). The third-order valence-corrected chi connectivity index (χ3v) is 3.56. The van der Waals surface area contributed by atoms with E-state index in [1.54, 1.807) is 12.1 Å². The smallest absolute Gasteiger partial charge is 0.328 e. The number of urea groups is 1. The van der Waals surface area contributed by atoms with E-state index in [0.29, 0.717) is 0 Å². The van der Waals surface area contributed by atoms with Crippen LogP contribution in [0.25, 0.3) is 6.08 Å². The standard InChI is InChI=1S/C16H20N2O3/c1-2-13-11-12(6-8-15(19)20)5-7-14(13)17-16(21)18-9-3-4-10-18/h5-8,11H,2-4,9-10H2,1H3,(H,17,21)(H,19,20)/b8-6+. The summed E-state index contributed by atoms with van der Waals surface area (Å²) < 4.78 is 0. The number of nitrogens with zero attached hydrogens (tertiary/aromatic N) is 1. The molecule has 0 atom stereocenters. The number of carboxylic acid groups (broad SMARTS) is 1. The molecule has 1 fully saturated rings. The number of carbonyl (C=O) groups is 2. The molecule has 1 heterocycles. The van der Waals surface area contributed by atoms with Gasteiger partial charge in [0.2, 0.25) is 0 Å². The van der Waals surface area contributed by atoms with Crippen molar-refractivity contribution < 1.29 is 14.7 Å². The third-order valence-electron chi connectivity index (χ3n) is 3.56. The number of anilines is 1. The van der Waals surface area contributed by atoms with Gasteiger partial charge in [0.05, 0.1) is 0 Å². The van der Waals surface area contributed by atoms with Gasteiger partial charge in [0.25, 0.3) is 0 Å². The minimum Gasteiger partial charge on any atom is -0.478 e. The molecule has 1 aliphatic heterocycles. The van der Waals surface area contributed by atoms with Crippen LogP contribution in [0.15, 0.2) is 24.3 Å². The molecule has 1 aliphatic rings. The fourth-order valence-electron chi connectivity index (χ4n) is 2.41. The number of aliphatic carboxylic acids is 1. The van der Waals surface area contributed by atoms with E-state index in [2.05, 4.69) is 5.32 Å². The van der Waals surface area contributed by atoms with Crippen molar-refractivity contribution in [3.8, 4) is 0 Å². The SMILES string of the molecule is CCc1cc(/C=C/C(=O)O)ccc1NC(=O)N1CCCC1. The summed E-state index contributed by atoms with van der Waals surface area (Å²) in [5, 5.41) is 11.6. The first-order valence-corrected chi connectivity index (χ1v) is 7.20. The number of benzene rings is 1. The molecule has 1 aromatic carbocycles. The van der Waals surface area contributed by atoms with Crippen molar-refractivity contribution >= 4 is 23.8 Å². The van der Waals surface area contributed by atoms with Crippen molar-refractivity contribution in [1.29, 1.82) is 0 Å². The van der Waals surface area contributed by atoms with Gasteiger partial charge in [-0.3, -0.25) is 0 Å². The fraction of sp³-hybridized carbons (Fsp3) is 0.375. The quantitative estimate of drug-likeness (QED) is 0.837. The van der Waals surface area contributed by atoms with E-state index in [0.717, 1.165) is 55.2 Å². The molecule has 0 radical (unpaired) electrons. The molecule has 0 aliphatic carbocycles. The van der Waals surface area contributed by atoms with E-state index in [4.69, 9.17) is 5.11 Å². The van der Waals surface area contributed by atoms with Crippen molar-refractivity contribution in [3.05, 3.63) is 35.4 Å². The maximum Gasteiger partial charge on any atom is 0.328 e. The Bertz CT molecular complexity index is 561. The van der Waals surface area contributed by atoms with Crippen molar-refractivity contribution in [2.75, 3.05) is 18.4 Å². The minimum absolute atomic E-state index is 0.0592. The van der Waals surface area contributed by atoms with E-state index in [1.165, 1.54) is 0 Å². The fourth-order valence-corrected chi connectivity index (χ4v) is 2.41. The first-order valence-electron chi connectivity index (χ1n) is 7.20. The van der Waals surface area contributed by atoms with Crippen molar-refractivity contribution in [2.45, 2.75) is 26.2 Å². The zero-order valence-corrected chi connectivity index (χ0v) is 12.1. The summed E-state index contributed by atoms with van der Waals surface area (Å²) in [6.45, 7) is 3.63. The molecular formula is C16H20N2O3. The summed E-state index contributed by atoms with van der Waals surface area (Å²) in [5.41, 5.74) is 2.60.